The molecule has 34 heavy (non-hydrogen) atoms. The molecule has 188 valence electrons. The molecule has 6 rings (SSSR count). The molecule has 0 radical (unpaired) electrons. The second-order valence-corrected chi connectivity index (χ2v) is 12.9. The van der Waals surface area contributed by atoms with Crippen LogP contribution in [-0.2, 0) is 19.3 Å². The van der Waals surface area contributed by atoms with Crippen molar-refractivity contribution >= 4 is 5.97 Å². The first-order valence-electron chi connectivity index (χ1n) is 13.6. The quantitative estimate of drug-likeness (QED) is 0.248. The molecule has 1 saturated heterocycles. The third-order valence-electron chi connectivity index (χ3n) is 10.8. The highest BCUT2D eigenvalue weighted by Gasteiger charge is 2.72. The summed E-state index contributed by atoms with van der Waals surface area (Å²) in [7, 11) is 0. The van der Waals surface area contributed by atoms with Gasteiger partial charge < -0.3 is 4.74 Å². The lowest BCUT2D eigenvalue weighted by molar-refractivity contribution is -0.455. The summed E-state index contributed by atoms with van der Waals surface area (Å²) in [6, 6.07) is 0. The number of ether oxygens (including phenoxy) is 1. The van der Waals surface area contributed by atoms with Gasteiger partial charge in [0.15, 0.2) is 0 Å². The monoisotopic (exact) mass is 468 g/mol. The summed E-state index contributed by atoms with van der Waals surface area (Å²) in [4.78, 5) is 24.5. The first-order chi connectivity index (χ1) is 16.0. The highest BCUT2D eigenvalue weighted by molar-refractivity contribution is 5.66. The van der Waals surface area contributed by atoms with Crippen LogP contribution < -0.4 is 0 Å². The van der Waals surface area contributed by atoms with Crippen molar-refractivity contribution in [2.24, 2.45) is 40.4 Å². The molecule has 0 aromatic carbocycles. The third kappa shape index (κ3) is 3.27. The van der Waals surface area contributed by atoms with E-state index in [0.717, 1.165) is 19.3 Å². The summed E-state index contributed by atoms with van der Waals surface area (Å²) in [6.07, 6.45) is 17.9. The Hall–Kier alpha value is -1.39. The Morgan fingerprint density at radius 3 is 2.50 bits per heavy atom. The largest absolute Gasteiger partial charge is 0.462 e. The van der Waals surface area contributed by atoms with E-state index in [4.69, 9.17) is 14.5 Å². The van der Waals surface area contributed by atoms with Gasteiger partial charge in [0.25, 0.3) is 0 Å². The van der Waals surface area contributed by atoms with Crippen LogP contribution in [0.2, 0.25) is 0 Å². The normalized spacial score (nSPS) is 46.6. The maximum atomic E-state index is 11.6. The fourth-order valence-corrected chi connectivity index (χ4v) is 8.33. The lowest BCUT2D eigenvalue weighted by Gasteiger charge is -2.66. The predicted octanol–water partition coefficient (Wildman–Crippen LogP) is 6.96. The van der Waals surface area contributed by atoms with E-state index in [0.29, 0.717) is 36.0 Å². The van der Waals surface area contributed by atoms with Gasteiger partial charge in [-0.15, -0.1) is 0 Å². The van der Waals surface area contributed by atoms with Gasteiger partial charge in [0.05, 0.1) is 0 Å². The molecule has 2 bridgehead atoms. The molecular weight excluding hydrogens is 424 g/mol. The molecule has 4 nitrogen and oxygen atoms in total. The Bertz CT molecular complexity index is 932. The van der Waals surface area contributed by atoms with Crippen LogP contribution in [0.15, 0.2) is 36.0 Å². The van der Waals surface area contributed by atoms with E-state index < -0.39 is 11.2 Å². The molecule has 9 unspecified atom stereocenters. The Morgan fingerprint density at radius 1 is 1.09 bits per heavy atom. The van der Waals surface area contributed by atoms with Gasteiger partial charge >= 0.3 is 5.97 Å². The van der Waals surface area contributed by atoms with Crippen LogP contribution in [0.4, 0.5) is 0 Å². The number of allylic oxidation sites excluding steroid dienone is 3. The zero-order chi connectivity index (χ0) is 24.5. The molecule has 4 aliphatic carbocycles. The van der Waals surface area contributed by atoms with Crippen LogP contribution in [0.1, 0.15) is 87.0 Å². The fraction of sp³-hybridized carbons (Fsp3) is 0.767. The Labute approximate surface area is 206 Å². The van der Waals surface area contributed by atoms with Gasteiger partial charge in [0, 0.05) is 24.7 Å². The van der Waals surface area contributed by atoms with E-state index in [1.807, 2.05) is 0 Å². The van der Waals surface area contributed by atoms with Crippen molar-refractivity contribution in [1.29, 1.82) is 0 Å². The second-order valence-electron chi connectivity index (χ2n) is 12.9. The minimum atomic E-state index is -0.548. The zero-order valence-electron chi connectivity index (χ0n) is 22.2. The van der Waals surface area contributed by atoms with Crippen LogP contribution in [-0.4, -0.2) is 23.3 Å². The number of fused-ring (bicyclic) bond motifs is 2. The van der Waals surface area contributed by atoms with E-state index in [-0.39, 0.29) is 22.9 Å². The molecule has 2 aliphatic heterocycles. The van der Waals surface area contributed by atoms with Crippen molar-refractivity contribution in [2.75, 3.05) is 0 Å². The SMILES string of the molecule is CC(=O)OC1CCC2(C)C3=CCC4(C)C(C(C)C=CC(C)C(C)C)CCC4C34C=CC2(C1)OO4. The number of carbonyl (C=O) groups excluding carboxylic acids is 1. The molecule has 6 aliphatic rings. The smallest absolute Gasteiger partial charge is 0.302 e. The Morgan fingerprint density at radius 2 is 1.85 bits per heavy atom. The molecule has 2 spiro atoms. The van der Waals surface area contributed by atoms with E-state index in [1.54, 1.807) is 0 Å². The van der Waals surface area contributed by atoms with E-state index in [9.17, 15) is 4.79 Å². The Balaban J connectivity index is 1.45. The lowest BCUT2D eigenvalue weighted by Crippen LogP contribution is -2.69. The van der Waals surface area contributed by atoms with E-state index in [2.05, 4.69) is 71.9 Å². The molecular formula is C30H44O4. The van der Waals surface area contributed by atoms with Gasteiger partial charge in [-0.05, 0) is 78.9 Å². The van der Waals surface area contributed by atoms with Crippen LogP contribution in [0.5, 0.6) is 0 Å². The van der Waals surface area contributed by atoms with Gasteiger partial charge in [0.2, 0.25) is 0 Å². The van der Waals surface area contributed by atoms with Crippen LogP contribution in [0.25, 0.3) is 0 Å². The first-order valence-corrected chi connectivity index (χ1v) is 13.6. The van der Waals surface area contributed by atoms with Crippen LogP contribution in [0.3, 0.4) is 0 Å². The molecule has 9 atom stereocenters. The van der Waals surface area contributed by atoms with Crippen LogP contribution >= 0.6 is 0 Å². The standard InChI is InChI=1S/C30H44O4/c1-19(2)20(3)8-9-21(4)24-10-11-25-27(24,6)14-13-26-28(7)15-12-23(32-22(5)31)18-29(28)16-17-30(25,26)34-33-29/h8-9,13,16-17,19-21,23-25H,10-12,14-15,18H2,1-7H3. The first kappa shape index (κ1) is 24.3. The minimum Gasteiger partial charge on any atom is -0.462 e. The minimum absolute atomic E-state index is 0.115. The number of rotatable bonds is 5. The number of hydrogen-bond acceptors (Lipinski definition) is 4. The summed E-state index contributed by atoms with van der Waals surface area (Å²) >= 11 is 0. The highest BCUT2D eigenvalue weighted by Crippen LogP contribution is 2.71. The molecule has 2 saturated carbocycles. The molecule has 0 aromatic heterocycles. The molecule has 3 fully saturated rings. The van der Waals surface area contributed by atoms with E-state index >= 15 is 0 Å². The third-order valence-corrected chi connectivity index (χ3v) is 10.8. The average Bonchev–Trinajstić information content (AvgIpc) is 3.14. The summed E-state index contributed by atoms with van der Waals surface area (Å²) in [6.45, 7) is 15.7. The number of carbonyl (C=O) groups is 1. The van der Waals surface area contributed by atoms with Crippen molar-refractivity contribution in [3.05, 3.63) is 36.0 Å². The number of hydrogen-bond donors (Lipinski definition) is 0. The molecule has 0 amide bonds. The molecule has 2 heterocycles. The van der Waals surface area contributed by atoms with E-state index in [1.165, 1.54) is 25.3 Å². The summed E-state index contributed by atoms with van der Waals surface area (Å²) in [5.74, 6) is 2.67. The van der Waals surface area contributed by atoms with Crippen molar-refractivity contribution in [2.45, 2.75) is 104 Å². The predicted molar refractivity (Wildman–Crippen MR) is 134 cm³/mol. The second kappa shape index (κ2) is 8.06. The summed E-state index contributed by atoms with van der Waals surface area (Å²) < 4.78 is 5.61. The topological polar surface area (TPSA) is 44.8 Å². The van der Waals surface area contributed by atoms with Crippen LogP contribution in [0, 0.1) is 40.4 Å². The van der Waals surface area contributed by atoms with Gasteiger partial charge in [-0.3, -0.25) is 4.79 Å². The summed E-state index contributed by atoms with van der Waals surface area (Å²) in [5, 5.41) is 0. The van der Waals surface area contributed by atoms with Crippen molar-refractivity contribution < 1.29 is 19.3 Å². The maximum absolute atomic E-state index is 11.6. The summed E-state index contributed by atoms with van der Waals surface area (Å²) in [5.41, 5.74) is 0.489. The Kier molecular flexibility index (Phi) is 5.76. The zero-order valence-corrected chi connectivity index (χ0v) is 22.2. The van der Waals surface area contributed by atoms with Gasteiger partial charge in [-0.1, -0.05) is 59.8 Å². The highest BCUT2D eigenvalue weighted by atomic mass is 17.2. The van der Waals surface area contributed by atoms with Crippen molar-refractivity contribution in [3.8, 4) is 0 Å². The van der Waals surface area contributed by atoms with Crippen molar-refractivity contribution in [3.63, 3.8) is 0 Å². The molecule has 0 N–H and O–H groups in total. The molecule has 4 heteroatoms. The average molecular weight is 469 g/mol. The lowest BCUT2D eigenvalue weighted by atomic mass is 9.46. The van der Waals surface area contributed by atoms with Gasteiger partial charge in [0.1, 0.15) is 17.3 Å². The fourth-order valence-electron chi connectivity index (χ4n) is 8.33. The van der Waals surface area contributed by atoms with Crippen molar-refractivity contribution in [1.82, 2.24) is 0 Å². The maximum Gasteiger partial charge on any atom is 0.302 e. The van der Waals surface area contributed by atoms with Gasteiger partial charge in [-0.2, -0.15) is 0 Å². The molecule has 0 aromatic rings. The van der Waals surface area contributed by atoms with Gasteiger partial charge in [-0.25, -0.2) is 9.78 Å². The number of esters is 1.